The maximum atomic E-state index is 10.4. The maximum absolute atomic E-state index is 10.4. The van der Waals surface area contributed by atoms with E-state index in [0.29, 0.717) is 18.4 Å². The van der Waals surface area contributed by atoms with Gasteiger partial charge in [0.25, 0.3) is 0 Å². The van der Waals surface area contributed by atoms with E-state index in [0.717, 1.165) is 6.42 Å². The molecule has 0 saturated carbocycles. The summed E-state index contributed by atoms with van der Waals surface area (Å²) in [6.07, 6.45) is 2.07. The van der Waals surface area contributed by atoms with Crippen LogP contribution < -0.4 is 5.73 Å². The number of hydrogen-bond donors (Lipinski definition) is 2. The number of aliphatic hydroxyl groups excluding tert-OH is 1. The van der Waals surface area contributed by atoms with Crippen LogP contribution in [0.25, 0.3) is 0 Å². The maximum Gasteiger partial charge on any atom is 0.244 e. The Bertz CT molecular complexity index is 132. The van der Waals surface area contributed by atoms with Crippen molar-refractivity contribution in [1.82, 2.24) is 0 Å². The van der Waals surface area contributed by atoms with Gasteiger partial charge in [-0.15, -0.1) is 0 Å². The number of aliphatic hydroxyl groups is 1. The number of amides is 1. The van der Waals surface area contributed by atoms with Crippen LogP contribution in [0.3, 0.4) is 0 Å². The van der Waals surface area contributed by atoms with Gasteiger partial charge < -0.3 is 10.8 Å². The van der Waals surface area contributed by atoms with Crippen molar-refractivity contribution in [2.24, 2.45) is 5.73 Å². The van der Waals surface area contributed by atoms with E-state index in [4.69, 9.17) is 10.8 Å². The van der Waals surface area contributed by atoms with Crippen LogP contribution in [0, 0.1) is 0 Å². The third-order valence-corrected chi connectivity index (χ3v) is 1.24. The van der Waals surface area contributed by atoms with Crippen molar-refractivity contribution < 1.29 is 9.90 Å². The van der Waals surface area contributed by atoms with Crippen LogP contribution in [0.2, 0.25) is 0 Å². The summed E-state index contributed by atoms with van der Waals surface area (Å²) in [5.74, 6) is -0.446. The highest BCUT2D eigenvalue weighted by molar-refractivity contribution is 5.91. The van der Waals surface area contributed by atoms with E-state index in [1.807, 2.05) is 0 Å². The zero-order chi connectivity index (χ0) is 7.98. The molecule has 0 saturated heterocycles. The number of carbonyl (C=O) groups is 1. The van der Waals surface area contributed by atoms with E-state index < -0.39 is 5.91 Å². The summed E-state index contributed by atoms with van der Waals surface area (Å²) >= 11 is 0. The number of carbonyl (C=O) groups excluding carboxylic acids is 1. The first-order valence-corrected chi connectivity index (χ1v) is 3.27. The molecule has 58 valence electrons. The molecule has 0 aromatic rings. The van der Waals surface area contributed by atoms with E-state index in [-0.39, 0.29) is 6.61 Å². The van der Waals surface area contributed by atoms with Crippen LogP contribution in [0.1, 0.15) is 19.3 Å². The topological polar surface area (TPSA) is 63.3 Å². The van der Waals surface area contributed by atoms with Crippen molar-refractivity contribution in [3.05, 3.63) is 12.2 Å². The summed E-state index contributed by atoms with van der Waals surface area (Å²) in [5, 5.41) is 8.37. The highest BCUT2D eigenvalue weighted by Crippen LogP contribution is 2.02. The standard InChI is InChI=1S/C7H13NO2/c1-6(7(8)10)4-2-3-5-9/h9H,1-5H2,(H2,8,10). The Morgan fingerprint density at radius 1 is 1.50 bits per heavy atom. The molecule has 3 nitrogen and oxygen atoms in total. The minimum absolute atomic E-state index is 0.159. The Hall–Kier alpha value is -0.830. The summed E-state index contributed by atoms with van der Waals surface area (Å²) in [6.45, 7) is 3.63. The zero-order valence-corrected chi connectivity index (χ0v) is 5.97. The van der Waals surface area contributed by atoms with Gasteiger partial charge in [-0.25, -0.2) is 0 Å². The van der Waals surface area contributed by atoms with Gasteiger partial charge in [0, 0.05) is 12.2 Å². The molecule has 3 N–H and O–H groups in total. The summed E-state index contributed by atoms with van der Waals surface area (Å²) in [5.41, 5.74) is 5.36. The van der Waals surface area contributed by atoms with E-state index in [1.54, 1.807) is 0 Å². The summed E-state index contributed by atoms with van der Waals surface area (Å²) in [7, 11) is 0. The molecule has 0 atom stereocenters. The van der Waals surface area contributed by atoms with Gasteiger partial charge in [-0.05, 0) is 19.3 Å². The minimum atomic E-state index is -0.446. The number of rotatable bonds is 5. The normalized spacial score (nSPS) is 9.30. The third kappa shape index (κ3) is 4.09. The van der Waals surface area contributed by atoms with Gasteiger partial charge in [-0.1, -0.05) is 6.58 Å². The third-order valence-electron chi connectivity index (χ3n) is 1.24. The SMILES string of the molecule is C=C(CCCCO)C(N)=O. The summed E-state index contributed by atoms with van der Waals surface area (Å²) < 4.78 is 0. The van der Waals surface area contributed by atoms with Crippen molar-refractivity contribution in [1.29, 1.82) is 0 Å². The second-order valence-electron chi connectivity index (χ2n) is 2.15. The zero-order valence-electron chi connectivity index (χ0n) is 5.97. The monoisotopic (exact) mass is 143 g/mol. The number of nitrogens with two attached hydrogens (primary N) is 1. The number of hydrogen-bond acceptors (Lipinski definition) is 2. The molecule has 3 heteroatoms. The predicted molar refractivity (Wildman–Crippen MR) is 39.3 cm³/mol. The molecule has 0 radical (unpaired) electrons. The molecule has 0 aromatic heterocycles. The average molecular weight is 143 g/mol. The fraction of sp³-hybridized carbons (Fsp3) is 0.571. The summed E-state index contributed by atoms with van der Waals surface area (Å²) in [6, 6.07) is 0. The lowest BCUT2D eigenvalue weighted by Gasteiger charge is -1.97. The van der Waals surface area contributed by atoms with Crippen molar-refractivity contribution in [2.45, 2.75) is 19.3 Å². The quantitative estimate of drug-likeness (QED) is 0.426. The molecule has 0 aromatic carbocycles. The summed E-state index contributed by atoms with van der Waals surface area (Å²) in [4.78, 5) is 10.4. The first-order valence-electron chi connectivity index (χ1n) is 3.27. The average Bonchev–Trinajstić information content (AvgIpc) is 1.88. The molecular formula is C7H13NO2. The second-order valence-corrected chi connectivity index (χ2v) is 2.15. The van der Waals surface area contributed by atoms with E-state index >= 15 is 0 Å². The predicted octanol–water partition coefficient (Wildman–Crippen LogP) is 0.191. The Kier molecular flexibility index (Phi) is 4.58. The van der Waals surface area contributed by atoms with E-state index in [9.17, 15) is 4.79 Å². The molecule has 0 aliphatic rings. The van der Waals surface area contributed by atoms with Gasteiger partial charge in [0.15, 0.2) is 0 Å². The van der Waals surface area contributed by atoms with Gasteiger partial charge in [-0.2, -0.15) is 0 Å². The molecule has 10 heavy (non-hydrogen) atoms. The van der Waals surface area contributed by atoms with Crippen LogP contribution in [0.15, 0.2) is 12.2 Å². The minimum Gasteiger partial charge on any atom is -0.396 e. The molecule has 0 heterocycles. The molecule has 0 fully saturated rings. The highest BCUT2D eigenvalue weighted by Gasteiger charge is 1.99. The van der Waals surface area contributed by atoms with Crippen LogP contribution in [0.4, 0.5) is 0 Å². The number of primary amides is 1. The van der Waals surface area contributed by atoms with Gasteiger partial charge in [0.2, 0.25) is 5.91 Å². The first-order chi connectivity index (χ1) is 4.68. The molecule has 0 spiro atoms. The lowest BCUT2D eigenvalue weighted by atomic mass is 10.1. The van der Waals surface area contributed by atoms with E-state index in [2.05, 4.69) is 6.58 Å². The van der Waals surface area contributed by atoms with Crippen LogP contribution in [-0.2, 0) is 4.79 Å². The van der Waals surface area contributed by atoms with Crippen molar-refractivity contribution in [2.75, 3.05) is 6.61 Å². The van der Waals surface area contributed by atoms with Crippen LogP contribution >= 0.6 is 0 Å². The van der Waals surface area contributed by atoms with Crippen molar-refractivity contribution in [3.63, 3.8) is 0 Å². The molecule has 0 aliphatic heterocycles. The number of unbranched alkanes of at least 4 members (excludes halogenated alkanes) is 1. The fourth-order valence-corrected chi connectivity index (χ4v) is 0.573. The van der Waals surface area contributed by atoms with Crippen LogP contribution in [0.5, 0.6) is 0 Å². The van der Waals surface area contributed by atoms with Gasteiger partial charge >= 0.3 is 0 Å². The van der Waals surface area contributed by atoms with E-state index in [1.165, 1.54) is 0 Å². The molecule has 0 rings (SSSR count). The molecular weight excluding hydrogens is 130 g/mol. The Labute approximate surface area is 60.5 Å². The second kappa shape index (κ2) is 4.99. The smallest absolute Gasteiger partial charge is 0.244 e. The van der Waals surface area contributed by atoms with Crippen LogP contribution in [-0.4, -0.2) is 17.6 Å². The molecule has 1 amide bonds. The van der Waals surface area contributed by atoms with Gasteiger partial charge in [0.05, 0.1) is 0 Å². The Morgan fingerprint density at radius 3 is 2.50 bits per heavy atom. The lowest BCUT2D eigenvalue weighted by molar-refractivity contribution is -0.114. The Morgan fingerprint density at radius 2 is 2.10 bits per heavy atom. The Balaban J connectivity index is 3.31. The highest BCUT2D eigenvalue weighted by atomic mass is 16.2. The van der Waals surface area contributed by atoms with Crippen molar-refractivity contribution >= 4 is 5.91 Å². The van der Waals surface area contributed by atoms with Gasteiger partial charge in [-0.3, -0.25) is 4.79 Å². The molecule has 0 bridgehead atoms. The van der Waals surface area contributed by atoms with Gasteiger partial charge in [0.1, 0.15) is 0 Å². The molecule has 0 unspecified atom stereocenters. The largest absolute Gasteiger partial charge is 0.396 e. The lowest BCUT2D eigenvalue weighted by Crippen LogP contribution is -2.12. The fourth-order valence-electron chi connectivity index (χ4n) is 0.573. The van der Waals surface area contributed by atoms with Crippen molar-refractivity contribution in [3.8, 4) is 0 Å². The molecule has 0 aliphatic carbocycles. The first kappa shape index (κ1) is 9.17.